The maximum absolute atomic E-state index is 13.0. The Bertz CT molecular complexity index is 1140. The lowest BCUT2D eigenvalue weighted by molar-refractivity contribution is 0.0698. The van der Waals surface area contributed by atoms with Gasteiger partial charge < -0.3 is 14.6 Å². The molecule has 2 aromatic heterocycles. The van der Waals surface area contributed by atoms with Crippen molar-refractivity contribution in [3.63, 3.8) is 0 Å². The van der Waals surface area contributed by atoms with E-state index in [1.54, 1.807) is 9.58 Å². The second-order valence-corrected chi connectivity index (χ2v) is 9.04. The van der Waals surface area contributed by atoms with Crippen molar-refractivity contribution in [3.8, 4) is 0 Å². The molecule has 0 radical (unpaired) electrons. The fourth-order valence-electron chi connectivity index (χ4n) is 3.89. The number of carbonyl (C=O) groups excluding carboxylic acids is 1. The molecule has 2 aliphatic heterocycles. The molecule has 1 saturated heterocycles. The minimum Gasteiger partial charge on any atom is -0.380 e. The van der Waals surface area contributed by atoms with Crippen molar-refractivity contribution in [1.29, 1.82) is 0 Å². The van der Waals surface area contributed by atoms with Crippen LogP contribution in [0.2, 0.25) is 0 Å². The van der Waals surface area contributed by atoms with Gasteiger partial charge in [-0.1, -0.05) is 18.2 Å². The number of hydrogen-bond donors (Lipinski definition) is 2. The number of nitrogens with one attached hydrogen (secondary N) is 2. The molecule has 0 spiro atoms. The van der Waals surface area contributed by atoms with Crippen LogP contribution in [-0.2, 0) is 27.8 Å². The number of hydrogen-bond acceptors (Lipinski definition) is 5. The van der Waals surface area contributed by atoms with E-state index < -0.39 is 10.0 Å². The maximum atomic E-state index is 13.0. The topological polar surface area (TPSA) is 109 Å². The van der Waals surface area contributed by atoms with Gasteiger partial charge in [0.1, 0.15) is 10.6 Å². The quantitative estimate of drug-likeness (QED) is 0.663. The monoisotopic (exact) mass is 415 g/mol. The van der Waals surface area contributed by atoms with Crippen LogP contribution in [-0.4, -0.2) is 59.8 Å². The predicted molar refractivity (Wildman–Crippen MR) is 105 cm³/mol. The summed E-state index contributed by atoms with van der Waals surface area (Å²) in [6, 6.07) is 9.28. The minimum atomic E-state index is -3.74. The van der Waals surface area contributed by atoms with Gasteiger partial charge >= 0.3 is 0 Å². The summed E-state index contributed by atoms with van der Waals surface area (Å²) in [4.78, 5) is 17.9. The lowest BCUT2D eigenvalue weighted by atomic mass is 10.2. The van der Waals surface area contributed by atoms with Gasteiger partial charge in [-0.15, -0.1) is 0 Å². The molecule has 9 nitrogen and oxygen atoms in total. The van der Waals surface area contributed by atoms with Crippen molar-refractivity contribution in [2.45, 2.75) is 30.4 Å². The molecule has 29 heavy (non-hydrogen) atoms. The van der Waals surface area contributed by atoms with Crippen LogP contribution in [0.3, 0.4) is 0 Å². The number of amides is 1. The Morgan fingerprint density at radius 2 is 2.14 bits per heavy atom. The molecular formula is C19H21N5O4S. The number of sulfonamides is 1. The fourth-order valence-corrected chi connectivity index (χ4v) is 5.31. The van der Waals surface area contributed by atoms with Gasteiger partial charge in [-0.3, -0.25) is 9.48 Å². The van der Waals surface area contributed by atoms with Gasteiger partial charge in [-0.25, -0.2) is 13.1 Å². The molecule has 4 heterocycles. The Morgan fingerprint density at radius 3 is 2.93 bits per heavy atom. The summed E-state index contributed by atoms with van der Waals surface area (Å²) < 4.78 is 35.3. The summed E-state index contributed by atoms with van der Waals surface area (Å²) in [5.41, 5.74) is 1.90. The third kappa shape index (κ3) is 3.33. The Morgan fingerprint density at radius 1 is 1.28 bits per heavy atom. The smallest absolute Gasteiger partial charge is 0.270 e. The number of ether oxygens (including phenoxy) is 1. The van der Waals surface area contributed by atoms with Crippen LogP contribution in [0.1, 0.15) is 22.6 Å². The predicted octanol–water partition coefficient (Wildman–Crippen LogP) is 1.09. The highest BCUT2D eigenvalue weighted by Gasteiger charge is 2.32. The van der Waals surface area contributed by atoms with Crippen LogP contribution >= 0.6 is 0 Å². The molecule has 1 amide bonds. The summed E-state index contributed by atoms with van der Waals surface area (Å²) >= 11 is 0. The molecule has 1 fully saturated rings. The van der Waals surface area contributed by atoms with Crippen LogP contribution in [0.4, 0.5) is 0 Å². The zero-order chi connectivity index (χ0) is 20.0. The third-order valence-electron chi connectivity index (χ3n) is 5.42. The van der Waals surface area contributed by atoms with Gasteiger partial charge in [0.25, 0.3) is 5.91 Å². The first kappa shape index (κ1) is 18.3. The molecule has 0 bridgehead atoms. The first-order valence-corrected chi connectivity index (χ1v) is 11.0. The molecule has 2 N–H and O–H groups in total. The SMILES string of the molecule is O=C(c1cc2ccccc2[nH]1)N1CCn2ncc(S(=O)(=O)NC3CCOC3)c2C1. The van der Waals surface area contributed by atoms with Crippen LogP contribution in [0.5, 0.6) is 0 Å². The lowest BCUT2D eigenvalue weighted by Gasteiger charge is -2.28. The maximum Gasteiger partial charge on any atom is 0.270 e. The number of benzene rings is 1. The van der Waals surface area contributed by atoms with Crippen molar-refractivity contribution >= 4 is 26.8 Å². The summed E-state index contributed by atoms with van der Waals surface area (Å²) in [7, 11) is -3.74. The summed E-state index contributed by atoms with van der Waals surface area (Å²) in [6.45, 7) is 2.01. The largest absolute Gasteiger partial charge is 0.380 e. The highest BCUT2D eigenvalue weighted by Crippen LogP contribution is 2.24. The number of rotatable bonds is 4. The number of fused-ring (bicyclic) bond motifs is 2. The number of H-pyrrole nitrogens is 1. The van der Waals surface area contributed by atoms with Crippen LogP contribution in [0.25, 0.3) is 10.9 Å². The number of aromatic nitrogens is 3. The van der Waals surface area contributed by atoms with Gasteiger partial charge in [0.15, 0.2) is 0 Å². The zero-order valence-corrected chi connectivity index (χ0v) is 16.5. The van der Waals surface area contributed by atoms with Gasteiger partial charge in [0.2, 0.25) is 10.0 Å². The summed E-state index contributed by atoms with van der Waals surface area (Å²) in [6.07, 6.45) is 2.01. The molecule has 10 heteroatoms. The van der Waals surface area contributed by atoms with E-state index in [0.717, 1.165) is 10.9 Å². The van der Waals surface area contributed by atoms with E-state index in [-0.39, 0.29) is 23.4 Å². The van der Waals surface area contributed by atoms with Gasteiger partial charge in [-0.05, 0) is 18.6 Å². The number of nitrogens with zero attached hydrogens (tertiary/aromatic N) is 3. The van der Waals surface area contributed by atoms with Crippen molar-refractivity contribution in [3.05, 3.63) is 47.9 Å². The number of aromatic amines is 1. The normalized spacial score (nSPS) is 19.6. The first-order valence-electron chi connectivity index (χ1n) is 9.53. The van der Waals surface area contributed by atoms with E-state index in [1.165, 1.54) is 6.20 Å². The van der Waals surface area contributed by atoms with E-state index in [2.05, 4.69) is 14.8 Å². The van der Waals surface area contributed by atoms with Crippen molar-refractivity contribution in [2.75, 3.05) is 19.8 Å². The van der Waals surface area contributed by atoms with Gasteiger partial charge in [0, 0.05) is 30.1 Å². The van der Waals surface area contributed by atoms with E-state index in [1.807, 2.05) is 30.3 Å². The highest BCUT2D eigenvalue weighted by atomic mass is 32.2. The van der Waals surface area contributed by atoms with Crippen molar-refractivity contribution < 1.29 is 17.9 Å². The summed E-state index contributed by atoms with van der Waals surface area (Å²) in [5.74, 6) is -0.158. The molecule has 0 saturated carbocycles. The fraction of sp³-hybridized carbons (Fsp3) is 0.368. The zero-order valence-electron chi connectivity index (χ0n) is 15.7. The molecule has 2 aliphatic rings. The Kier molecular flexibility index (Phi) is 4.41. The van der Waals surface area contributed by atoms with E-state index in [9.17, 15) is 13.2 Å². The second-order valence-electron chi connectivity index (χ2n) is 7.36. The molecule has 0 aliphatic carbocycles. The number of para-hydroxylation sites is 1. The first-order chi connectivity index (χ1) is 14.0. The van der Waals surface area contributed by atoms with Gasteiger partial charge in [-0.2, -0.15) is 5.10 Å². The van der Waals surface area contributed by atoms with Crippen LogP contribution in [0, 0.1) is 0 Å². The molecule has 1 unspecified atom stereocenters. The molecule has 1 aromatic carbocycles. The number of carbonyl (C=O) groups is 1. The molecule has 1 atom stereocenters. The Balaban J connectivity index is 1.40. The lowest BCUT2D eigenvalue weighted by Crippen LogP contribution is -2.40. The van der Waals surface area contributed by atoms with Crippen LogP contribution < -0.4 is 4.72 Å². The summed E-state index contributed by atoms with van der Waals surface area (Å²) in [5, 5.41) is 5.18. The van der Waals surface area contributed by atoms with E-state index in [0.29, 0.717) is 44.1 Å². The standard InChI is InChI=1S/C19H21N5O4S/c25-19(16-9-13-3-1-2-4-15(13)21-16)23-6-7-24-17(11-23)18(10-20-24)29(26,27)22-14-5-8-28-12-14/h1-4,9-10,14,21-22H,5-8,11-12H2. The van der Waals surface area contributed by atoms with Gasteiger partial charge in [0.05, 0.1) is 31.6 Å². The molecule has 152 valence electrons. The van der Waals surface area contributed by atoms with Crippen molar-refractivity contribution in [1.82, 2.24) is 24.4 Å². The third-order valence-corrected chi connectivity index (χ3v) is 6.99. The van der Waals surface area contributed by atoms with E-state index in [4.69, 9.17) is 4.74 Å². The molecule has 5 rings (SSSR count). The van der Waals surface area contributed by atoms with Crippen molar-refractivity contribution in [2.24, 2.45) is 0 Å². The average Bonchev–Trinajstić information content (AvgIpc) is 3.45. The molecular weight excluding hydrogens is 394 g/mol. The highest BCUT2D eigenvalue weighted by molar-refractivity contribution is 7.89. The van der Waals surface area contributed by atoms with Crippen LogP contribution in [0.15, 0.2) is 41.4 Å². The second kappa shape index (κ2) is 6.97. The Labute approximate surface area is 167 Å². The Hall–Kier alpha value is -2.69. The molecule has 3 aromatic rings. The average molecular weight is 415 g/mol. The van der Waals surface area contributed by atoms with E-state index >= 15 is 0 Å². The minimum absolute atomic E-state index is 0.124.